The lowest BCUT2D eigenvalue weighted by Gasteiger charge is -2.39. The van der Waals surface area contributed by atoms with Gasteiger partial charge in [-0.1, -0.05) is 55.5 Å². The van der Waals surface area contributed by atoms with E-state index in [0.29, 0.717) is 13.0 Å². The van der Waals surface area contributed by atoms with E-state index in [-0.39, 0.29) is 18.4 Å². The Hall–Kier alpha value is -3.39. The smallest absolute Gasteiger partial charge is 0.407 e. The molecule has 8 nitrogen and oxygen atoms in total. The number of methoxy groups -OCH3 is 1. The number of aliphatic carboxylic acids is 1. The predicted molar refractivity (Wildman–Crippen MR) is 130 cm³/mol. The summed E-state index contributed by atoms with van der Waals surface area (Å²) in [4.78, 5) is 39.4. The highest BCUT2D eigenvalue weighted by atomic mass is 16.5. The first-order chi connectivity index (χ1) is 16.8. The molecule has 2 aromatic rings. The molecule has 0 bridgehead atoms. The number of rotatable bonds is 7. The minimum absolute atomic E-state index is 0.110. The third-order valence-electron chi connectivity index (χ3n) is 7.11. The van der Waals surface area contributed by atoms with Gasteiger partial charge in [0.2, 0.25) is 5.91 Å². The largest absolute Gasteiger partial charge is 0.480 e. The molecule has 1 aliphatic heterocycles. The maximum atomic E-state index is 13.4. The molecule has 35 heavy (non-hydrogen) atoms. The number of ether oxygens (including phenoxy) is 2. The molecular weight excluding hydrogens is 448 g/mol. The maximum absolute atomic E-state index is 13.4. The molecule has 1 saturated heterocycles. The van der Waals surface area contributed by atoms with Crippen LogP contribution in [0.3, 0.4) is 0 Å². The van der Waals surface area contributed by atoms with Crippen LogP contribution in [0.15, 0.2) is 48.5 Å². The lowest BCUT2D eigenvalue weighted by atomic mass is 9.93. The lowest BCUT2D eigenvalue weighted by molar-refractivity contribution is -0.155. The molecule has 2 N–H and O–H groups in total. The van der Waals surface area contributed by atoms with Crippen LogP contribution >= 0.6 is 0 Å². The monoisotopic (exact) mass is 480 g/mol. The number of benzene rings is 2. The first kappa shape index (κ1) is 24.7. The molecule has 1 aliphatic carbocycles. The SMILES string of the molecule is CO[C@H](C)[C@H](NC(=O)OCC1c2ccccc2-c2ccccc21)C(=O)N1CC(C)CCC1C(=O)O. The Morgan fingerprint density at radius 3 is 2.23 bits per heavy atom. The van der Waals surface area contributed by atoms with Gasteiger partial charge in [-0.15, -0.1) is 0 Å². The number of hydrogen-bond acceptors (Lipinski definition) is 5. The van der Waals surface area contributed by atoms with Gasteiger partial charge in [0.25, 0.3) is 0 Å². The number of fused-ring (bicyclic) bond motifs is 3. The van der Waals surface area contributed by atoms with Crippen LogP contribution in [0.5, 0.6) is 0 Å². The van der Waals surface area contributed by atoms with Crippen LogP contribution in [0.1, 0.15) is 43.7 Å². The number of hydrogen-bond donors (Lipinski definition) is 2. The van der Waals surface area contributed by atoms with Crippen LogP contribution in [0.25, 0.3) is 11.1 Å². The molecule has 0 aromatic heterocycles. The van der Waals surface area contributed by atoms with Gasteiger partial charge >= 0.3 is 12.1 Å². The number of alkyl carbamates (subject to hydrolysis) is 1. The molecule has 2 aliphatic rings. The summed E-state index contributed by atoms with van der Waals surface area (Å²) in [6, 6.07) is 14.1. The Morgan fingerprint density at radius 1 is 1.06 bits per heavy atom. The van der Waals surface area contributed by atoms with Crippen molar-refractivity contribution in [3.63, 3.8) is 0 Å². The van der Waals surface area contributed by atoms with Gasteiger partial charge in [0, 0.05) is 19.6 Å². The highest BCUT2D eigenvalue weighted by Crippen LogP contribution is 2.44. The standard InChI is InChI=1S/C27H32N2O6/c1-16-12-13-23(26(31)32)29(14-16)25(30)24(17(2)34-3)28-27(33)35-15-22-20-10-6-4-8-18(20)19-9-5-7-11-21(19)22/h4-11,16-17,22-24H,12-15H2,1-3H3,(H,28,33)(H,31,32)/t16?,17-,23?,24+/m1/s1. The van der Waals surface area contributed by atoms with E-state index in [1.807, 2.05) is 43.3 Å². The van der Waals surface area contributed by atoms with Crippen LogP contribution < -0.4 is 5.32 Å². The first-order valence-electron chi connectivity index (χ1n) is 12.0. The van der Waals surface area contributed by atoms with Gasteiger partial charge in [-0.2, -0.15) is 0 Å². The number of piperidine rings is 1. The molecule has 186 valence electrons. The Balaban J connectivity index is 1.47. The highest BCUT2D eigenvalue weighted by Gasteiger charge is 2.40. The molecule has 0 spiro atoms. The summed E-state index contributed by atoms with van der Waals surface area (Å²) in [5.74, 6) is -1.47. The van der Waals surface area contributed by atoms with Crippen molar-refractivity contribution in [2.24, 2.45) is 5.92 Å². The minimum Gasteiger partial charge on any atom is -0.480 e. The first-order valence-corrected chi connectivity index (χ1v) is 12.0. The number of carboxylic acid groups (broad SMARTS) is 1. The Morgan fingerprint density at radius 2 is 1.66 bits per heavy atom. The van der Waals surface area contributed by atoms with Crippen LogP contribution in [0.4, 0.5) is 4.79 Å². The van der Waals surface area contributed by atoms with E-state index in [4.69, 9.17) is 9.47 Å². The van der Waals surface area contributed by atoms with Crippen molar-refractivity contribution in [2.75, 3.05) is 20.3 Å². The normalized spacial score (nSPS) is 20.9. The summed E-state index contributed by atoms with van der Waals surface area (Å²) in [6.45, 7) is 4.07. The topological polar surface area (TPSA) is 105 Å². The number of carbonyl (C=O) groups is 3. The van der Waals surface area contributed by atoms with Crippen molar-refractivity contribution in [3.05, 3.63) is 59.7 Å². The summed E-state index contributed by atoms with van der Waals surface area (Å²) in [6.07, 6.45) is -0.313. The summed E-state index contributed by atoms with van der Waals surface area (Å²) in [5.41, 5.74) is 4.42. The lowest BCUT2D eigenvalue weighted by Crippen LogP contribution is -2.59. The number of amides is 2. The van der Waals surface area contributed by atoms with Gasteiger partial charge in [-0.3, -0.25) is 4.79 Å². The minimum atomic E-state index is -1.07. The predicted octanol–water partition coefficient (Wildman–Crippen LogP) is 3.64. The van der Waals surface area contributed by atoms with E-state index < -0.39 is 36.2 Å². The average Bonchev–Trinajstić information content (AvgIpc) is 3.18. The van der Waals surface area contributed by atoms with Crippen LogP contribution in [0.2, 0.25) is 0 Å². The third-order valence-corrected chi connectivity index (χ3v) is 7.11. The molecule has 4 atom stereocenters. The van der Waals surface area contributed by atoms with Crippen LogP contribution in [-0.2, 0) is 19.1 Å². The van der Waals surface area contributed by atoms with Gasteiger partial charge in [-0.05, 0) is 47.9 Å². The highest BCUT2D eigenvalue weighted by molar-refractivity contribution is 5.90. The molecule has 0 radical (unpaired) electrons. The summed E-state index contributed by atoms with van der Waals surface area (Å²) in [5, 5.41) is 12.3. The average molecular weight is 481 g/mol. The second-order valence-corrected chi connectivity index (χ2v) is 9.42. The summed E-state index contributed by atoms with van der Waals surface area (Å²) < 4.78 is 11.0. The summed E-state index contributed by atoms with van der Waals surface area (Å²) >= 11 is 0. The van der Waals surface area contributed by atoms with Gasteiger partial charge in [0.05, 0.1) is 6.10 Å². The number of carbonyl (C=O) groups excluding carboxylic acids is 2. The molecule has 4 rings (SSSR count). The molecule has 1 heterocycles. The number of carboxylic acids is 1. The van der Waals surface area contributed by atoms with E-state index >= 15 is 0 Å². The zero-order chi connectivity index (χ0) is 25.1. The van der Waals surface area contributed by atoms with Crippen molar-refractivity contribution in [1.29, 1.82) is 0 Å². The molecule has 1 fully saturated rings. The van der Waals surface area contributed by atoms with E-state index in [2.05, 4.69) is 17.4 Å². The Kier molecular flexibility index (Phi) is 7.40. The van der Waals surface area contributed by atoms with Gasteiger partial charge in [0.1, 0.15) is 18.7 Å². The van der Waals surface area contributed by atoms with Crippen molar-refractivity contribution in [2.45, 2.75) is 50.8 Å². The molecular formula is C27H32N2O6. The van der Waals surface area contributed by atoms with E-state index in [1.165, 1.54) is 12.0 Å². The van der Waals surface area contributed by atoms with Gasteiger partial charge in [0.15, 0.2) is 0 Å². The fourth-order valence-electron chi connectivity index (χ4n) is 5.11. The number of nitrogens with zero attached hydrogens (tertiary/aromatic N) is 1. The van der Waals surface area contributed by atoms with E-state index in [1.54, 1.807) is 6.92 Å². The molecule has 2 aromatic carbocycles. The number of nitrogens with one attached hydrogen (secondary N) is 1. The van der Waals surface area contributed by atoms with Crippen molar-refractivity contribution >= 4 is 18.0 Å². The van der Waals surface area contributed by atoms with E-state index in [9.17, 15) is 19.5 Å². The van der Waals surface area contributed by atoms with E-state index in [0.717, 1.165) is 28.7 Å². The second kappa shape index (κ2) is 10.5. The Bertz CT molecular complexity index is 1060. The van der Waals surface area contributed by atoms with Gasteiger partial charge < -0.3 is 24.8 Å². The van der Waals surface area contributed by atoms with Crippen molar-refractivity contribution in [3.8, 4) is 11.1 Å². The fraction of sp³-hybridized carbons (Fsp3) is 0.444. The maximum Gasteiger partial charge on any atom is 0.407 e. The molecule has 2 unspecified atom stereocenters. The van der Waals surface area contributed by atoms with Gasteiger partial charge in [-0.25, -0.2) is 9.59 Å². The Labute approximate surface area is 205 Å². The molecule has 0 saturated carbocycles. The summed E-state index contributed by atoms with van der Waals surface area (Å²) in [7, 11) is 1.44. The third kappa shape index (κ3) is 5.03. The van der Waals surface area contributed by atoms with Crippen LogP contribution in [0, 0.1) is 5.92 Å². The molecule has 8 heteroatoms. The number of likely N-dealkylation sites (tertiary alicyclic amines) is 1. The second-order valence-electron chi connectivity index (χ2n) is 9.42. The van der Waals surface area contributed by atoms with Crippen molar-refractivity contribution < 1.29 is 29.0 Å². The fourth-order valence-corrected chi connectivity index (χ4v) is 5.11. The van der Waals surface area contributed by atoms with Crippen molar-refractivity contribution in [1.82, 2.24) is 10.2 Å². The van der Waals surface area contributed by atoms with Crippen LogP contribution in [-0.4, -0.2) is 66.4 Å². The zero-order valence-corrected chi connectivity index (χ0v) is 20.3. The molecule has 2 amide bonds. The zero-order valence-electron chi connectivity index (χ0n) is 20.3. The quantitative estimate of drug-likeness (QED) is 0.627.